The predicted octanol–water partition coefficient (Wildman–Crippen LogP) is 2.71. The van der Waals surface area contributed by atoms with E-state index < -0.39 is 5.97 Å². The van der Waals surface area contributed by atoms with Crippen LogP contribution in [0.25, 0.3) is 0 Å². The summed E-state index contributed by atoms with van der Waals surface area (Å²) in [6, 6.07) is 5.66. The summed E-state index contributed by atoms with van der Waals surface area (Å²) in [5.74, 6) is 0.351. The molecule has 0 aliphatic carbocycles. The zero-order chi connectivity index (χ0) is 15.1. The van der Waals surface area contributed by atoms with Crippen LogP contribution in [0.1, 0.15) is 38.2 Å². The average molecular weight is 279 g/mol. The summed E-state index contributed by atoms with van der Waals surface area (Å²) in [5.41, 5.74) is 1.74. The van der Waals surface area contributed by atoms with E-state index in [4.69, 9.17) is 4.74 Å². The molecule has 0 heterocycles. The van der Waals surface area contributed by atoms with Gasteiger partial charge in [-0.15, -0.1) is 0 Å². The zero-order valence-corrected chi connectivity index (χ0v) is 12.4. The quantitative estimate of drug-likeness (QED) is 0.813. The first-order valence-corrected chi connectivity index (χ1v) is 6.52. The van der Waals surface area contributed by atoms with Crippen molar-refractivity contribution in [2.45, 2.75) is 32.6 Å². The monoisotopic (exact) mass is 279 g/mol. The van der Waals surface area contributed by atoms with Crippen molar-refractivity contribution < 1.29 is 19.1 Å². The molecule has 0 aromatic heterocycles. The number of hydrogen-bond acceptors (Lipinski definition) is 4. The Balaban J connectivity index is 2.72. The fraction of sp³-hybridized carbons (Fsp3) is 0.467. The number of methoxy groups -OCH3 is 2. The van der Waals surface area contributed by atoms with Crippen LogP contribution >= 0.6 is 0 Å². The molecule has 0 spiro atoms. The highest BCUT2D eigenvalue weighted by Gasteiger charge is 2.11. The van der Waals surface area contributed by atoms with E-state index in [2.05, 4.69) is 23.9 Å². The Morgan fingerprint density at radius 3 is 2.45 bits per heavy atom. The Hall–Kier alpha value is -2.04. The van der Waals surface area contributed by atoms with Crippen LogP contribution in [0.5, 0.6) is 5.75 Å². The topological polar surface area (TPSA) is 64.6 Å². The average Bonchev–Trinajstić information content (AvgIpc) is 2.44. The van der Waals surface area contributed by atoms with Gasteiger partial charge in [0, 0.05) is 6.42 Å². The standard InChI is InChI=1S/C15H21NO4/c1-10(2)11-5-6-12(13(9-11)19-3)16-14(17)7-8-15(18)20-4/h5-6,9-10H,7-8H2,1-4H3,(H,16,17). The normalized spacial score (nSPS) is 10.2. The van der Waals surface area contributed by atoms with E-state index in [0.29, 0.717) is 17.4 Å². The zero-order valence-electron chi connectivity index (χ0n) is 12.4. The summed E-state index contributed by atoms with van der Waals surface area (Å²) in [4.78, 5) is 22.7. The highest BCUT2D eigenvalue weighted by molar-refractivity contribution is 5.93. The molecule has 1 aromatic carbocycles. The molecule has 0 fully saturated rings. The van der Waals surface area contributed by atoms with Gasteiger partial charge in [-0.1, -0.05) is 19.9 Å². The third kappa shape index (κ3) is 4.57. The van der Waals surface area contributed by atoms with Gasteiger partial charge in [-0.3, -0.25) is 9.59 Å². The molecule has 0 aliphatic rings. The molecule has 0 saturated carbocycles. The smallest absolute Gasteiger partial charge is 0.306 e. The first kappa shape index (κ1) is 16.0. The van der Waals surface area contributed by atoms with Gasteiger partial charge in [0.25, 0.3) is 0 Å². The molecular formula is C15H21NO4. The number of ether oxygens (including phenoxy) is 2. The van der Waals surface area contributed by atoms with Gasteiger partial charge in [-0.2, -0.15) is 0 Å². The van der Waals surface area contributed by atoms with E-state index in [9.17, 15) is 9.59 Å². The van der Waals surface area contributed by atoms with Crippen molar-refractivity contribution in [3.8, 4) is 5.75 Å². The van der Waals surface area contributed by atoms with Crippen molar-refractivity contribution in [1.29, 1.82) is 0 Å². The molecule has 1 N–H and O–H groups in total. The van der Waals surface area contributed by atoms with Gasteiger partial charge in [0.05, 0.1) is 26.3 Å². The van der Waals surface area contributed by atoms with Gasteiger partial charge in [0.1, 0.15) is 5.75 Å². The van der Waals surface area contributed by atoms with Crippen LogP contribution in [-0.2, 0) is 14.3 Å². The highest BCUT2D eigenvalue weighted by Crippen LogP contribution is 2.28. The molecule has 5 nitrogen and oxygen atoms in total. The second-order valence-electron chi connectivity index (χ2n) is 4.74. The molecular weight excluding hydrogens is 258 g/mol. The van der Waals surface area contributed by atoms with Crippen molar-refractivity contribution in [1.82, 2.24) is 0 Å². The van der Waals surface area contributed by atoms with Crippen molar-refractivity contribution >= 4 is 17.6 Å². The molecule has 1 aromatic rings. The number of rotatable bonds is 6. The van der Waals surface area contributed by atoms with E-state index >= 15 is 0 Å². The number of amides is 1. The molecule has 0 radical (unpaired) electrons. The van der Waals surface area contributed by atoms with E-state index in [-0.39, 0.29) is 18.7 Å². The molecule has 1 rings (SSSR count). The first-order chi connectivity index (χ1) is 9.47. The van der Waals surface area contributed by atoms with Crippen LogP contribution in [0.2, 0.25) is 0 Å². The van der Waals surface area contributed by atoms with E-state index in [0.717, 1.165) is 5.56 Å². The number of esters is 1. The van der Waals surface area contributed by atoms with Gasteiger partial charge in [0.15, 0.2) is 0 Å². The van der Waals surface area contributed by atoms with Gasteiger partial charge < -0.3 is 14.8 Å². The van der Waals surface area contributed by atoms with E-state index in [1.165, 1.54) is 7.11 Å². The maximum atomic E-state index is 11.7. The fourth-order valence-electron chi connectivity index (χ4n) is 1.70. The Labute approximate surface area is 119 Å². The molecule has 1 amide bonds. The number of nitrogens with one attached hydrogen (secondary N) is 1. The summed E-state index contributed by atoms with van der Waals surface area (Å²) < 4.78 is 9.77. The molecule has 5 heteroatoms. The Kier molecular flexibility index (Phi) is 6.03. The van der Waals surface area contributed by atoms with Gasteiger partial charge >= 0.3 is 5.97 Å². The molecule has 0 saturated heterocycles. The molecule has 20 heavy (non-hydrogen) atoms. The summed E-state index contributed by atoms with van der Waals surface area (Å²) in [6.07, 6.45) is 0.149. The number of anilines is 1. The van der Waals surface area contributed by atoms with Gasteiger partial charge in [0.2, 0.25) is 5.91 Å². The molecule has 0 bridgehead atoms. The summed E-state index contributed by atoms with van der Waals surface area (Å²) in [6.45, 7) is 4.17. The van der Waals surface area contributed by atoms with E-state index in [1.54, 1.807) is 7.11 Å². The number of carbonyl (C=O) groups is 2. The summed E-state index contributed by atoms with van der Waals surface area (Å²) >= 11 is 0. The summed E-state index contributed by atoms with van der Waals surface area (Å²) in [5, 5.41) is 2.74. The Morgan fingerprint density at radius 1 is 1.20 bits per heavy atom. The van der Waals surface area contributed by atoms with Crippen LogP contribution in [0.3, 0.4) is 0 Å². The Bertz CT molecular complexity index is 483. The first-order valence-electron chi connectivity index (χ1n) is 6.52. The molecule has 110 valence electrons. The highest BCUT2D eigenvalue weighted by atomic mass is 16.5. The lowest BCUT2D eigenvalue weighted by Gasteiger charge is -2.13. The minimum absolute atomic E-state index is 0.0642. The minimum atomic E-state index is -0.401. The largest absolute Gasteiger partial charge is 0.495 e. The predicted molar refractivity (Wildman–Crippen MR) is 77.0 cm³/mol. The van der Waals surface area contributed by atoms with Crippen LogP contribution in [0.15, 0.2) is 18.2 Å². The van der Waals surface area contributed by atoms with Gasteiger partial charge in [-0.25, -0.2) is 0 Å². The summed E-state index contributed by atoms with van der Waals surface area (Å²) in [7, 11) is 2.86. The second kappa shape index (κ2) is 7.53. The maximum absolute atomic E-state index is 11.7. The van der Waals surface area contributed by atoms with Crippen molar-refractivity contribution in [2.75, 3.05) is 19.5 Å². The third-order valence-corrected chi connectivity index (χ3v) is 2.95. The molecule has 0 atom stereocenters. The third-order valence-electron chi connectivity index (χ3n) is 2.95. The second-order valence-corrected chi connectivity index (χ2v) is 4.74. The van der Waals surface area contributed by atoms with Crippen molar-refractivity contribution in [2.24, 2.45) is 0 Å². The fourth-order valence-corrected chi connectivity index (χ4v) is 1.70. The lowest BCUT2D eigenvalue weighted by molar-refractivity contribution is -0.141. The van der Waals surface area contributed by atoms with Crippen LogP contribution in [0.4, 0.5) is 5.69 Å². The number of hydrogen-bond donors (Lipinski definition) is 1. The maximum Gasteiger partial charge on any atom is 0.306 e. The van der Waals surface area contributed by atoms with Gasteiger partial charge in [-0.05, 0) is 23.6 Å². The minimum Gasteiger partial charge on any atom is -0.495 e. The number of carbonyl (C=O) groups excluding carboxylic acids is 2. The van der Waals surface area contributed by atoms with Crippen LogP contribution < -0.4 is 10.1 Å². The lowest BCUT2D eigenvalue weighted by Crippen LogP contribution is -2.14. The number of benzene rings is 1. The lowest BCUT2D eigenvalue weighted by atomic mass is 10.0. The SMILES string of the molecule is COC(=O)CCC(=O)Nc1ccc(C(C)C)cc1OC. The Morgan fingerprint density at radius 2 is 1.90 bits per heavy atom. The van der Waals surface area contributed by atoms with Crippen molar-refractivity contribution in [3.05, 3.63) is 23.8 Å². The van der Waals surface area contributed by atoms with E-state index in [1.807, 2.05) is 18.2 Å². The van der Waals surface area contributed by atoms with Crippen LogP contribution in [0, 0.1) is 0 Å². The van der Waals surface area contributed by atoms with Crippen LogP contribution in [-0.4, -0.2) is 26.1 Å². The molecule has 0 aliphatic heterocycles. The van der Waals surface area contributed by atoms with Crippen molar-refractivity contribution in [3.63, 3.8) is 0 Å². The molecule has 0 unspecified atom stereocenters.